The molecule has 2 aliphatic rings. The normalized spacial score (nSPS) is 19.7. The van der Waals surface area contributed by atoms with Gasteiger partial charge in [-0.15, -0.1) is 5.10 Å². The summed E-state index contributed by atoms with van der Waals surface area (Å²) >= 11 is 0. The molecule has 3 heterocycles. The van der Waals surface area contributed by atoms with Crippen molar-refractivity contribution in [3.63, 3.8) is 0 Å². The van der Waals surface area contributed by atoms with Crippen molar-refractivity contribution in [3.8, 4) is 0 Å². The third-order valence-corrected chi connectivity index (χ3v) is 5.10. The Kier molecular flexibility index (Phi) is 5.77. The maximum absolute atomic E-state index is 14.9. The first-order chi connectivity index (χ1) is 14.5. The third kappa shape index (κ3) is 4.19. The van der Waals surface area contributed by atoms with Crippen molar-refractivity contribution >= 4 is 23.4 Å². The van der Waals surface area contributed by atoms with Crippen LogP contribution in [0, 0.1) is 5.82 Å². The zero-order valence-corrected chi connectivity index (χ0v) is 16.3. The van der Waals surface area contributed by atoms with Crippen LogP contribution in [-0.2, 0) is 16.0 Å². The molecule has 160 valence electrons. The molecule has 4 rings (SSSR count). The van der Waals surface area contributed by atoms with Crippen LogP contribution in [-0.4, -0.2) is 77.8 Å². The van der Waals surface area contributed by atoms with Crippen LogP contribution >= 0.6 is 0 Å². The summed E-state index contributed by atoms with van der Waals surface area (Å²) < 4.78 is 20.0. The minimum Gasteiger partial charge on any atom is -0.443 e. The van der Waals surface area contributed by atoms with Crippen LogP contribution in [0.2, 0.25) is 0 Å². The minimum atomic E-state index is -0.530. The van der Waals surface area contributed by atoms with Crippen molar-refractivity contribution in [1.82, 2.24) is 25.8 Å². The molecule has 0 aliphatic carbocycles. The molecule has 0 radical (unpaired) electrons. The lowest BCUT2D eigenvalue weighted by Crippen LogP contribution is -2.44. The van der Waals surface area contributed by atoms with Gasteiger partial charge in [0.15, 0.2) is 0 Å². The number of aromatic nitrogens is 3. The van der Waals surface area contributed by atoms with Crippen LogP contribution in [0.25, 0.3) is 0 Å². The number of hydrazine groups is 1. The number of ether oxygens (including phenoxy) is 1. The summed E-state index contributed by atoms with van der Waals surface area (Å²) in [6, 6.07) is 4.65. The summed E-state index contributed by atoms with van der Waals surface area (Å²) in [6.45, 7) is 2.34. The number of hydrogen-bond donors (Lipinski definition) is 3. The number of H-pyrrole nitrogens is 1. The maximum Gasteiger partial charge on any atom is 0.414 e. The molecule has 12 heteroatoms. The van der Waals surface area contributed by atoms with E-state index in [0.29, 0.717) is 49.8 Å². The number of anilines is 2. The molecule has 1 aromatic carbocycles. The number of rotatable bonds is 5. The monoisotopic (exact) mass is 418 g/mol. The number of carbonyl (C=O) groups is 2. The fourth-order valence-electron chi connectivity index (χ4n) is 3.52. The van der Waals surface area contributed by atoms with Gasteiger partial charge in [0.1, 0.15) is 11.9 Å². The van der Waals surface area contributed by atoms with Crippen LogP contribution in [0.4, 0.5) is 20.6 Å². The van der Waals surface area contributed by atoms with Crippen LogP contribution < -0.4 is 21.0 Å². The summed E-state index contributed by atoms with van der Waals surface area (Å²) in [5, 5.41) is 11.5. The van der Waals surface area contributed by atoms with Gasteiger partial charge in [0, 0.05) is 32.4 Å². The van der Waals surface area contributed by atoms with Gasteiger partial charge in [-0.05, 0) is 18.2 Å². The smallest absolute Gasteiger partial charge is 0.414 e. The van der Waals surface area contributed by atoms with Crippen LogP contribution in [0.3, 0.4) is 0 Å². The van der Waals surface area contributed by atoms with Gasteiger partial charge >= 0.3 is 6.09 Å². The molecule has 0 saturated carbocycles. The zero-order valence-electron chi connectivity index (χ0n) is 16.3. The molecule has 2 aromatic rings. The SMILES string of the molecule is NC[C@H]1CN(c2ccc(N3CCNN(C(=O)Cc4c[nH]nn4)CC3)c(F)c2)C(=O)O1. The molecule has 1 aromatic heterocycles. The molecule has 11 nitrogen and oxygen atoms in total. The summed E-state index contributed by atoms with van der Waals surface area (Å²) in [5.41, 5.74) is 10.0. The number of nitrogens with zero attached hydrogens (tertiary/aromatic N) is 5. The number of aromatic amines is 1. The van der Waals surface area contributed by atoms with E-state index < -0.39 is 18.0 Å². The topological polar surface area (TPSA) is 133 Å². The highest BCUT2D eigenvalue weighted by atomic mass is 19.1. The predicted octanol–water partition coefficient (Wildman–Crippen LogP) is -0.376. The van der Waals surface area contributed by atoms with Crippen molar-refractivity contribution in [2.75, 3.05) is 49.1 Å². The average Bonchev–Trinajstić information content (AvgIpc) is 3.30. The van der Waals surface area contributed by atoms with Crippen molar-refractivity contribution in [3.05, 3.63) is 35.9 Å². The number of hydrogen-bond acceptors (Lipinski definition) is 8. The van der Waals surface area contributed by atoms with Gasteiger partial charge in [0.05, 0.1) is 36.6 Å². The number of nitrogens with one attached hydrogen (secondary N) is 2. The van der Waals surface area contributed by atoms with Crippen molar-refractivity contribution in [2.24, 2.45) is 5.73 Å². The summed E-state index contributed by atoms with van der Waals surface area (Å²) in [7, 11) is 0. The molecule has 4 N–H and O–H groups in total. The van der Waals surface area contributed by atoms with Gasteiger partial charge in [0.2, 0.25) is 5.91 Å². The van der Waals surface area contributed by atoms with Crippen LogP contribution in [0.1, 0.15) is 5.69 Å². The Morgan fingerprint density at radius 3 is 2.90 bits per heavy atom. The zero-order chi connectivity index (χ0) is 21.1. The molecule has 1 atom stereocenters. The Hall–Kier alpha value is -3.25. The molecule has 2 amide bonds. The number of cyclic esters (lactones) is 1. The van der Waals surface area contributed by atoms with E-state index in [1.54, 1.807) is 18.3 Å². The Morgan fingerprint density at radius 1 is 1.33 bits per heavy atom. The molecule has 2 saturated heterocycles. The fourth-order valence-corrected chi connectivity index (χ4v) is 3.52. The Morgan fingerprint density at radius 2 is 2.20 bits per heavy atom. The summed E-state index contributed by atoms with van der Waals surface area (Å²) in [5.74, 6) is -0.581. The average molecular weight is 418 g/mol. The van der Waals surface area contributed by atoms with E-state index in [9.17, 15) is 14.0 Å². The summed E-state index contributed by atoms with van der Waals surface area (Å²) in [4.78, 5) is 27.6. The molecule has 2 aliphatic heterocycles. The molecule has 0 bridgehead atoms. The number of benzene rings is 1. The van der Waals surface area contributed by atoms with Crippen LogP contribution in [0.5, 0.6) is 0 Å². The maximum atomic E-state index is 14.9. The molecular weight excluding hydrogens is 395 g/mol. The van der Waals surface area contributed by atoms with Crippen LogP contribution in [0.15, 0.2) is 24.4 Å². The standard InChI is InChI=1S/C18H23FN8O3/c19-15-8-13(26-11-14(9-20)30-18(26)29)1-2-16(15)25-4-3-22-27(6-5-25)17(28)7-12-10-21-24-23-12/h1-2,8,10,14,22H,3-7,9,11,20H2,(H,21,23,24)/t14-/m0/s1. The second-order valence-electron chi connectivity index (χ2n) is 7.07. The van der Waals surface area contributed by atoms with E-state index in [1.165, 1.54) is 16.0 Å². The second-order valence-corrected chi connectivity index (χ2v) is 7.07. The highest BCUT2D eigenvalue weighted by Crippen LogP contribution is 2.28. The molecule has 0 unspecified atom stereocenters. The number of carbonyl (C=O) groups excluding carboxylic acids is 2. The highest BCUT2D eigenvalue weighted by Gasteiger charge is 2.32. The Balaban J connectivity index is 1.40. The number of amides is 2. The first kappa shape index (κ1) is 20.0. The van der Waals surface area contributed by atoms with Gasteiger partial charge in [-0.2, -0.15) is 0 Å². The van der Waals surface area contributed by atoms with E-state index in [-0.39, 0.29) is 18.9 Å². The van der Waals surface area contributed by atoms with E-state index >= 15 is 0 Å². The molecule has 0 spiro atoms. The predicted molar refractivity (Wildman–Crippen MR) is 105 cm³/mol. The molecule has 30 heavy (non-hydrogen) atoms. The van der Waals surface area contributed by atoms with Gasteiger partial charge in [0.25, 0.3) is 0 Å². The Labute approximate surface area is 171 Å². The lowest BCUT2D eigenvalue weighted by Gasteiger charge is -2.24. The summed E-state index contributed by atoms with van der Waals surface area (Å²) in [6.07, 6.45) is 0.781. The molecular formula is C18H23FN8O3. The largest absolute Gasteiger partial charge is 0.443 e. The van der Waals surface area contributed by atoms with Gasteiger partial charge in [-0.3, -0.25) is 19.8 Å². The van der Waals surface area contributed by atoms with Crippen molar-refractivity contribution in [1.29, 1.82) is 0 Å². The number of nitrogens with two attached hydrogens (primary N) is 1. The van der Waals surface area contributed by atoms with E-state index in [4.69, 9.17) is 10.5 Å². The van der Waals surface area contributed by atoms with Gasteiger partial charge in [-0.25, -0.2) is 14.6 Å². The first-order valence-corrected chi connectivity index (χ1v) is 9.67. The highest BCUT2D eigenvalue weighted by molar-refractivity contribution is 5.90. The lowest BCUT2D eigenvalue weighted by molar-refractivity contribution is -0.133. The van der Waals surface area contributed by atoms with E-state index in [2.05, 4.69) is 20.8 Å². The lowest BCUT2D eigenvalue weighted by atomic mass is 10.2. The third-order valence-electron chi connectivity index (χ3n) is 5.10. The van der Waals surface area contributed by atoms with Crippen molar-refractivity contribution in [2.45, 2.75) is 12.5 Å². The first-order valence-electron chi connectivity index (χ1n) is 9.67. The van der Waals surface area contributed by atoms with E-state index in [1.807, 2.05) is 4.90 Å². The van der Waals surface area contributed by atoms with Gasteiger partial charge in [-0.1, -0.05) is 5.21 Å². The Bertz CT molecular complexity index is 909. The number of halogens is 1. The fraction of sp³-hybridized carbons (Fsp3) is 0.444. The van der Waals surface area contributed by atoms with Gasteiger partial charge < -0.3 is 15.4 Å². The second kappa shape index (κ2) is 8.63. The van der Waals surface area contributed by atoms with Crippen molar-refractivity contribution < 1.29 is 18.7 Å². The quantitative estimate of drug-likeness (QED) is 0.599. The van der Waals surface area contributed by atoms with E-state index in [0.717, 1.165) is 0 Å². The minimum absolute atomic E-state index is 0.127. The molecule has 2 fully saturated rings.